The van der Waals surface area contributed by atoms with Gasteiger partial charge in [-0.2, -0.15) is 24.9 Å². The van der Waals surface area contributed by atoms with Crippen LogP contribution in [0.2, 0.25) is 0 Å². The molecule has 0 amide bonds. The number of thioether (sulfide) groups is 1. The Balaban J connectivity index is 2.35. The fourth-order valence-electron chi connectivity index (χ4n) is 2.29. The van der Waals surface area contributed by atoms with Crippen molar-refractivity contribution in [2.75, 3.05) is 51.3 Å². The van der Waals surface area contributed by atoms with Gasteiger partial charge in [-0.3, -0.25) is 9.89 Å². The van der Waals surface area contributed by atoms with E-state index in [2.05, 4.69) is 15.6 Å². The maximum absolute atomic E-state index is 12.3. The minimum atomic E-state index is -4.10. The Labute approximate surface area is 128 Å². The zero-order valence-corrected chi connectivity index (χ0v) is 13.5. The molecule has 1 aliphatic rings. The number of nitrogens with one attached hydrogen (secondary N) is 2. The van der Waals surface area contributed by atoms with Gasteiger partial charge in [-0.15, -0.1) is 0 Å². The molecule has 21 heavy (non-hydrogen) atoms. The lowest BCUT2D eigenvalue weighted by Gasteiger charge is -2.17. The number of guanidine groups is 1. The summed E-state index contributed by atoms with van der Waals surface area (Å²) in [6.45, 7) is 4.35. The molecule has 1 heterocycles. The first-order valence-electron chi connectivity index (χ1n) is 7.24. The number of hydrogen-bond acceptors (Lipinski definition) is 3. The summed E-state index contributed by atoms with van der Waals surface area (Å²) in [6, 6.07) is 0. The minimum absolute atomic E-state index is 0.211. The van der Waals surface area contributed by atoms with E-state index < -0.39 is 12.7 Å². The van der Waals surface area contributed by atoms with Crippen LogP contribution in [-0.4, -0.2) is 68.3 Å². The number of nitrogens with zero attached hydrogens (tertiary/aromatic N) is 2. The van der Waals surface area contributed by atoms with Crippen LogP contribution >= 0.6 is 11.8 Å². The number of halogens is 3. The van der Waals surface area contributed by atoms with Crippen molar-refractivity contribution in [3.63, 3.8) is 0 Å². The molecule has 1 fully saturated rings. The second kappa shape index (κ2) is 9.40. The molecule has 1 atom stereocenters. The molecule has 1 rings (SSSR count). The largest absolute Gasteiger partial charge is 0.401 e. The molecule has 1 aliphatic heterocycles. The summed E-state index contributed by atoms with van der Waals surface area (Å²) in [7, 11) is 0. The van der Waals surface area contributed by atoms with E-state index in [1.165, 1.54) is 4.90 Å². The highest BCUT2D eigenvalue weighted by atomic mass is 32.2. The molecule has 0 spiro atoms. The lowest BCUT2D eigenvalue weighted by molar-refractivity contribution is -0.143. The molecule has 0 aliphatic carbocycles. The summed E-state index contributed by atoms with van der Waals surface area (Å²) in [5.74, 6) is 1.96. The summed E-state index contributed by atoms with van der Waals surface area (Å²) < 4.78 is 37.0. The van der Waals surface area contributed by atoms with E-state index in [4.69, 9.17) is 0 Å². The molecule has 1 saturated heterocycles. The fraction of sp³-hybridized carbons (Fsp3) is 0.923. The van der Waals surface area contributed by atoms with Crippen molar-refractivity contribution in [3.8, 4) is 0 Å². The molecule has 0 aromatic carbocycles. The predicted molar refractivity (Wildman–Crippen MR) is 83.0 cm³/mol. The first-order chi connectivity index (χ1) is 9.94. The molecular formula is C13H25F3N4S. The van der Waals surface area contributed by atoms with Crippen LogP contribution in [0.3, 0.4) is 0 Å². The normalized spacial score (nSPS) is 20.8. The molecule has 0 aromatic rings. The molecular weight excluding hydrogens is 301 g/mol. The second-order valence-corrected chi connectivity index (χ2v) is 6.13. The number of likely N-dealkylation sites (tertiary alicyclic amines) is 1. The number of aliphatic imine (C=N–C) groups is 1. The molecule has 0 aromatic heterocycles. The predicted octanol–water partition coefficient (Wildman–Crippen LogP) is 1.79. The van der Waals surface area contributed by atoms with Crippen LogP contribution in [0.4, 0.5) is 13.2 Å². The van der Waals surface area contributed by atoms with Gasteiger partial charge >= 0.3 is 6.18 Å². The van der Waals surface area contributed by atoms with Crippen LogP contribution in [0, 0.1) is 5.92 Å². The number of hydrogen-bond donors (Lipinski definition) is 2. The lowest BCUT2D eigenvalue weighted by atomic mass is 10.1. The summed E-state index contributed by atoms with van der Waals surface area (Å²) >= 11 is 1.75. The van der Waals surface area contributed by atoms with Gasteiger partial charge in [0.2, 0.25) is 0 Å². The SMILES string of the molecule is CCNC(=NCC1CCN(CC(F)(F)F)C1)NCCSC. The molecule has 0 radical (unpaired) electrons. The van der Waals surface area contributed by atoms with Crippen LogP contribution in [0.1, 0.15) is 13.3 Å². The summed E-state index contributed by atoms with van der Waals surface area (Å²) in [5.41, 5.74) is 0. The number of alkyl halides is 3. The quantitative estimate of drug-likeness (QED) is 0.425. The van der Waals surface area contributed by atoms with Gasteiger partial charge in [0, 0.05) is 31.9 Å². The van der Waals surface area contributed by atoms with Gasteiger partial charge in [-0.25, -0.2) is 0 Å². The zero-order chi connectivity index (χ0) is 15.7. The van der Waals surface area contributed by atoms with Crippen LogP contribution in [0.15, 0.2) is 4.99 Å². The van der Waals surface area contributed by atoms with Crippen molar-refractivity contribution in [2.45, 2.75) is 19.5 Å². The molecule has 8 heteroatoms. The Morgan fingerprint density at radius 1 is 1.38 bits per heavy atom. The van der Waals surface area contributed by atoms with Gasteiger partial charge in [0.1, 0.15) is 0 Å². The van der Waals surface area contributed by atoms with Crippen molar-refractivity contribution in [1.29, 1.82) is 0 Å². The summed E-state index contributed by atoms with van der Waals surface area (Å²) in [5, 5.41) is 6.37. The van der Waals surface area contributed by atoms with Crippen molar-refractivity contribution >= 4 is 17.7 Å². The number of rotatable bonds is 7. The van der Waals surface area contributed by atoms with E-state index in [0.29, 0.717) is 19.6 Å². The Bertz CT molecular complexity index is 323. The Hall–Kier alpha value is -0.630. The van der Waals surface area contributed by atoms with Crippen LogP contribution in [0.25, 0.3) is 0 Å². The second-order valence-electron chi connectivity index (χ2n) is 5.14. The fourth-order valence-corrected chi connectivity index (χ4v) is 2.60. The standard InChI is InChI=1S/C13H25F3N4S/c1-3-17-12(18-5-7-21-2)19-8-11-4-6-20(9-11)10-13(14,15)16/h11H,3-10H2,1-2H3,(H2,17,18,19). The molecule has 2 N–H and O–H groups in total. The topological polar surface area (TPSA) is 39.7 Å². The van der Waals surface area contributed by atoms with Gasteiger partial charge in [0.25, 0.3) is 0 Å². The molecule has 124 valence electrons. The molecule has 4 nitrogen and oxygen atoms in total. The summed E-state index contributed by atoms with van der Waals surface area (Å²) in [4.78, 5) is 5.94. The van der Waals surface area contributed by atoms with E-state index in [-0.39, 0.29) is 5.92 Å². The van der Waals surface area contributed by atoms with Crippen molar-refractivity contribution in [3.05, 3.63) is 0 Å². The van der Waals surface area contributed by atoms with Crippen molar-refractivity contribution in [2.24, 2.45) is 10.9 Å². The van der Waals surface area contributed by atoms with E-state index in [9.17, 15) is 13.2 Å². The minimum Gasteiger partial charge on any atom is -0.357 e. The highest BCUT2D eigenvalue weighted by Crippen LogP contribution is 2.22. The maximum atomic E-state index is 12.3. The third-order valence-electron chi connectivity index (χ3n) is 3.22. The monoisotopic (exact) mass is 326 g/mol. The van der Waals surface area contributed by atoms with E-state index in [0.717, 1.165) is 31.2 Å². The van der Waals surface area contributed by atoms with Crippen molar-refractivity contribution in [1.82, 2.24) is 15.5 Å². The highest BCUT2D eigenvalue weighted by molar-refractivity contribution is 7.98. The van der Waals surface area contributed by atoms with Crippen molar-refractivity contribution < 1.29 is 13.2 Å². The highest BCUT2D eigenvalue weighted by Gasteiger charge is 2.34. The molecule has 0 bridgehead atoms. The van der Waals surface area contributed by atoms with E-state index in [1.807, 2.05) is 13.2 Å². The third kappa shape index (κ3) is 8.40. The van der Waals surface area contributed by atoms with Crippen LogP contribution in [-0.2, 0) is 0 Å². The molecule has 0 saturated carbocycles. The Morgan fingerprint density at radius 3 is 2.76 bits per heavy atom. The smallest absolute Gasteiger partial charge is 0.357 e. The Kier molecular flexibility index (Phi) is 8.24. The van der Waals surface area contributed by atoms with E-state index >= 15 is 0 Å². The van der Waals surface area contributed by atoms with Gasteiger partial charge < -0.3 is 10.6 Å². The average Bonchev–Trinajstić information content (AvgIpc) is 2.81. The van der Waals surface area contributed by atoms with Gasteiger partial charge in [0.05, 0.1) is 6.54 Å². The van der Waals surface area contributed by atoms with E-state index in [1.54, 1.807) is 11.8 Å². The average molecular weight is 326 g/mol. The lowest BCUT2D eigenvalue weighted by Crippen LogP contribution is -2.39. The van der Waals surface area contributed by atoms with Gasteiger partial charge in [0.15, 0.2) is 5.96 Å². The van der Waals surface area contributed by atoms with Gasteiger partial charge in [-0.05, 0) is 32.1 Å². The van der Waals surface area contributed by atoms with Crippen LogP contribution in [0.5, 0.6) is 0 Å². The van der Waals surface area contributed by atoms with Crippen LogP contribution < -0.4 is 10.6 Å². The van der Waals surface area contributed by atoms with Gasteiger partial charge in [-0.1, -0.05) is 0 Å². The molecule has 1 unspecified atom stereocenters. The zero-order valence-electron chi connectivity index (χ0n) is 12.7. The maximum Gasteiger partial charge on any atom is 0.401 e. The first kappa shape index (κ1) is 18.4. The third-order valence-corrected chi connectivity index (χ3v) is 3.84. The summed E-state index contributed by atoms with van der Waals surface area (Å²) in [6.07, 6.45) is -1.28. The Morgan fingerprint density at radius 2 is 2.14 bits per heavy atom. The first-order valence-corrected chi connectivity index (χ1v) is 8.64.